The smallest absolute Gasteiger partial charge is 0.161 e. The third-order valence-corrected chi connectivity index (χ3v) is 3.08. The maximum Gasteiger partial charge on any atom is 0.161 e. The predicted octanol–water partition coefficient (Wildman–Crippen LogP) is 1.85. The summed E-state index contributed by atoms with van der Waals surface area (Å²) in [6.07, 6.45) is 0.832. The first kappa shape index (κ1) is 13.1. The summed E-state index contributed by atoms with van der Waals surface area (Å²) < 4.78 is 1.75. The molecule has 1 heterocycles. The minimum Gasteiger partial charge on any atom is -0.394 e. The lowest BCUT2D eigenvalue weighted by molar-refractivity contribution is 0.0821. The predicted molar refractivity (Wildman–Crippen MR) is 70.0 cm³/mol. The van der Waals surface area contributed by atoms with Crippen molar-refractivity contribution in [3.05, 3.63) is 35.0 Å². The number of carbonyl (C=O) groups excluding carboxylic acids is 1. The fourth-order valence-electron chi connectivity index (χ4n) is 1.99. The van der Waals surface area contributed by atoms with Crippen molar-refractivity contribution in [3.63, 3.8) is 0 Å². The number of halogens is 1. The highest BCUT2D eigenvalue weighted by atomic mass is 35.5. The number of carbonyl (C=O) groups is 1. The molecule has 0 radical (unpaired) electrons. The van der Waals surface area contributed by atoms with Crippen molar-refractivity contribution < 1.29 is 15.0 Å². The summed E-state index contributed by atoms with van der Waals surface area (Å²) in [5, 5.41) is 19.7. The van der Waals surface area contributed by atoms with Gasteiger partial charge in [0.2, 0.25) is 0 Å². The van der Waals surface area contributed by atoms with E-state index in [1.807, 2.05) is 0 Å². The molecule has 0 spiro atoms. The maximum atomic E-state index is 11.6. The topological polar surface area (TPSA) is 62.5 Å². The summed E-state index contributed by atoms with van der Waals surface area (Å²) in [5.74, 6) is -0.0560. The van der Waals surface area contributed by atoms with Gasteiger partial charge in [0.25, 0.3) is 0 Å². The van der Waals surface area contributed by atoms with Crippen molar-refractivity contribution in [1.29, 1.82) is 0 Å². The van der Waals surface area contributed by atoms with Gasteiger partial charge in [-0.3, -0.25) is 4.79 Å². The first-order valence-electron chi connectivity index (χ1n) is 5.61. The van der Waals surface area contributed by atoms with Crippen LogP contribution in [0.5, 0.6) is 0 Å². The second kappa shape index (κ2) is 5.10. The lowest BCUT2D eigenvalue weighted by atomic mass is 10.1. The van der Waals surface area contributed by atoms with E-state index in [9.17, 15) is 9.90 Å². The van der Waals surface area contributed by atoms with Gasteiger partial charge in [0.1, 0.15) is 0 Å². The molecule has 18 heavy (non-hydrogen) atoms. The Morgan fingerprint density at radius 2 is 2.22 bits per heavy atom. The molecule has 1 unspecified atom stereocenters. The van der Waals surface area contributed by atoms with E-state index in [4.69, 9.17) is 16.7 Å². The fraction of sp³-hybridized carbons (Fsp3) is 0.308. The Bertz CT molecular complexity index is 591. The van der Waals surface area contributed by atoms with Gasteiger partial charge in [0.05, 0.1) is 19.3 Å². The van der Waals surface area contributed by atoms with Gasteiger partial charge in [0.15, 0.2) is 5.78 Å². The van der Waals surface area contributed by atoms with E-state index in [2.05, 4.69) is 0 Å². The highest BCUT2D eigenvalue weighted by Crippen LogP contribution is 2.25. The number of aromatic nitrogens is 1. The largest absolute Gasteiger partial charge is 0.394 e. The van der Waals surface area contributed by atoms with Crippen LogP contribution in [0, 0.1) is 0 Å². The zero-order valence-electron chi connectivity index (χ0n) is 9.93. The molecule has 0 aliphatic rings. The number of rotatable bonds is 4. The lowest BCUT2D eigenvalue weighted by Gasteiger charge is -2.09. The molecule has 0 saturated carbocycles. The molecule has 2 aromatic rings. The molecular formula is C13H14ClNO3. The number of ketones is 1. The van der Waals surface area contributed by atoms with Crippen LogP contribution >= 0.6 is 11.6 Å². The highest BCUT2D eigenvalue weighted by molar-refractivity contribution is 6.31. The van der Waals surface area contributed by atoms with E-state index >= 15 is 0 Å². The molecule has 1 atom stereocenters. The third kappa shape index (κ3) is 2.41. The van der Waals surface area contributed by atoms with Crippen LogP contribution in [0.25, 0.3) is 10.9 Å². The van der Waals surface area contributed by atoms with E-state index in [0.29, 0.717) is 10.6 Å². The summed E-state index contributed by atoms with van der Waals surface area (Å²) in [5.41, 5.74) is 1.38. The molecule has 2 rings (SSSR count). The Kier molecular flexibility index (Phi) is 3.71. The van der Waals surface area contributed by atoms with Crippen LogP contribution in [-0.4, -0.2) is 33.3 Å². The summed E-state index contributed by atoms with van der Waals surface area (Å²) >= 11 is 5.93. The Hall–Kier alpha value is -1.36. The molecule has 2 N–H and O–H groups in total. The molecular weight excluding hydrogens is 254 g/mol. The third-order valence-electron chi connectivity index (χ3n) is 2.84. The van der Waals surface area contributed by atoms with Crippen molar-refractivity contribution in [2.24, 2.45) is 0 Å². The van der Waals surface area contributed by atoms with E-state index in [-0.39, 0.29) is 18.9 Å². The number of fused-ring (bicyclic) bond motifs is 1. The van der Waals surface area contributed by atoms with Crippen molar-refractivity contribution in [2.45, 2.75) is 19.6 Å². The Morgan fingerprint density at radius 1 is 1.50 bits per heavy atom. The first-order valence-corrected chi connectivity index (χ1v) is 5.99. The SMILES string of the molecule is CC(=O)c1cn(CC(O)CO)c2ccc(Cl)cc12. The van der Waals surface area contributed by atoms with Gasteiger partial charge in [-0.05, 0) is 25.1 Å². The molecule has 0 amide bonds. The molecule has 0 aliphatic heterocycles. The van der Waals surface area contributed by atoms with Crippen molar-refractivity contribution >= 4 is 28.3 Å². The summed E-state index contributed by atoms with van der Waals surface area (Å²) in [4.78, 5) is 11.6. The van der Waals surface area contributed by atoms with Crippen molar-refractivity contribution in [1.82, 2.24) is 4.57 Å². The van der Waals surface area contributed by atoms with Crippen LogP contribution in [0.1, 0.15) is 17.3 Å². The van der Waals surface area contributed by atoms with Gasteiger partial charge in [0, 0.05) is 27.7 Å². The van der Waals surface area contributed by atoms with E-state index in [0.717, 1.165) is 10.9 Å². The molecule has 1 aromatic heterocycles. The van der Waals surface area contributed by atoms with Crippen LogP contribution < -0.4 is 0 Å². The van der Waals surface area contributed by atoms with Crippen LogP contribution in [0.4, 0.5) is 0 Å². The number of aliphatic hydroxyl groups excluding tert-OH is 2. The normalized spacial score (nSPS) is 12.9. The summed E-state index contributed by atoms with van der Waals surface area (Å²) in [7, 11) is 0. The Labute approximate surface area is 109 Å². The second-order valence-corrected chi connectivity index (χ2v) is 4.69. The van der Waals surface area contributed by atoms with Crippen LogP contribution in [-0.2, 0) is 6.54 Å². The number of aliphatic hydroxyl groups is 2. The highest BCUT2D eigenvalue weighted by Gasteiger charge is 2.14. The fourth-order valence-corrected chi connectivity index (χ4v) is 2.16. The molecule has 0 bridgehead atoms. The first-order chi connectivity index (χ1) is 8.52. The van der Waals surface area contributed by atoms with E-state index in [1.54, 1.807) is 29.0 Å². The second-order valence-electron chi connectivity index (χ2n) is 4.25. The molecule has 96 valence electrons. The zero-order chi connectivity index (χ0) is 13.3. The average Bonchev–Trinajstić information content (AvgIpc) is 2.67. The molecule has 0 saturated heterocycles. The number of hydrogen-bond donors (Lipinski definition) is 2. The summed E-state index contributed by atoms with van der Waals surface area (Å²) in [6.45, 7) is 1.41. The number of Topliss-reactive ketones (excluding diaryl/α,β-unsaturated/α-hetero) is 1. The van der Waals surface area contributed by atoms with Crippen LogP contribution in [0.2, 0.25) is 5.02 Å². The van der Waals surface area contributed by atoms with E-state index in [1.165, 1.54) is 6.92 Å². The number of nitrogens with zero attached hydrogens (tertiary/aromatic N) is 1. The molecule has 5 heteroatoms. The minimum absolute atomic E-state index is 0.0560. The van der Waals surface area contributed by atoms with Gasteiger partial charge in [-0.1, -0.05) is 11.6 Å². The molecule has 0 aliphatic carbocycles. The number of benzene rings is 1. The zero-order valence-corrected chi connectivity index (χ0v) is 10.7. The van der Waals surface area contributed by atoms with E-state index < -0.39 is 6.10 Å². The van der Waals surface area contributed by atoms with Crippen molar-refractivity contribution in [2.75, 3.05) is 6.61 Å². The number of hydrogen-bond acceptors (Lipinski definition) is 3. The Morgan fingerprint density at radius 3 is 2.83 bits per heavy atom. The minimum atomic E-state index is -0.851. The van der Waals surface area contributed by atoms with Crippen LogP contribution in [0.15, 0.2) is 24.4 Å². The average molecular weight is 268 g/mol. The van der Waals surface area contributed by atoms with Gasteiger partial charge in [-0.25, -0.2) is 0 Å². The summed E-state index contributed by atoms with van der Waals surface area (Å²) in [6, 6.07) is 5.26. The quantitative estimate of drug-likeness (QED) is 0.831. The van der Waals surface area contributed by atoms with Gasteiger partial charge >= 0.3 is 0 Å². The molecule has 4 nitrogen and oxygen atoms in total. The molecule has 1 aromatic carbocycles. The lowest BCUT2D eigenvalue weighted by Crippen LogP contribution is -2.19. The maximum absolute atomic E-state index is 11.6. The standard InChI is InChI=1S/C13H14ClNO3/c1-8(17)12-6-15(5-10(18)7-16)13-3-2-9(14)4-11(12)13/h2-4,6,10,16,18H,5,7H2,1H3. The Balaban J connectivity index is 2.57. The van der Waals surface area contributed by atoms with Gasteiger partial charge in [-0.2, -0.15) is 0 Å². The van der Waals surface area contributed by atoms with Gasteiger partial charge in [-0.15, -0.1) is 0 Å². The monoisotopic (exact) mass is 267 g/mol. The van der Waals surface area contributed by atoms with Gasteiger partial charge < -0.3 is 14.8 Å². The molecule has 0 fully saturated rings. The van der Waals surface area contributed by atoms with Crippen molar-refractivity contribution in [3.8, 4) is 0 Å². The van der Waals surface area contributed by atoms with Crippen LogP contribution in [0.3, 0.4) is 0 Å².